The van der Waals surface area contributed by atoms with E-state index in [0.29, 0.717) is 12.2 Å². The van der Waals surface area contributed by atoms with Gasteiger partial charge >= 0.3 is 0 Å². The quantitative estimate of drug-likeness (QED) is 0.352. The molecule has 2 aromatic carbocycles. The maximum absolute atomic E-state index is 13.0. The minimum Gasteiger partial charge on any atom is -0.299 e. The molecule has 0 saturated carbocycles. The molecule has 0 aliphatic heterocycles. The van der Waals surface area contributed by atoms with Gasteiger partial charge in [0.2, 0.25) is 0 Å². The number of hydrogen-bond donors (Lipinski definition) is 0. The van der Waals surface area contributed by atoms with Crippen molar-refractivity contribution in [3.8, 4) is 0 Å². The monoisotopic (exact) mass is 350 g/mol. The number of carbonyl (C=O) groups is 1. The van der Waals surface area contributed by atoms with E-state index in [2.05, 4.69) is 31.2 Å². The predicted molar refractivity (Wildman–Crippen MR) is 112 cm³/mol. The van der Waals surface area contributed by atoms with Crippen molar-refractivity contribution in [1.82, 2.24) is 0 Å². The van der Waals surface area contributed by atoms with E-state index in [1.807, 2.05) is 36.4 Å². The lowest BCUT2D eigenvalue weighted by Gasteiger charge is -2.16. The number of Topliss-reactive ketones (excluding diaryl/α,β-unsaturated/α-hetero) is 1. The second-order valence-electron chi connectivity index (χ2n) is 7.36. The Morgan fingerprint density at radius 3 is 1.88 bits per heavy atom. The van der Waals surface area contributed by atoms with Gasteiger partial charge in [-0.2, -0.15) is 0 Å². The molecule has 2 aromatic rings. The molecular weight excluding hydrogens is 316 g/mol. The summed E-state index contributed by atoms with van der Waals surface area (Å²) in [6, 6.07) is 20.5. The van der Waals surface area contributed by atoms with Crippen molar-refractivity contribution in [2.75, 3.05) is 0 Å². The van der Waals surface area contributed by atoms with Crippen LogP contribution in [0.15, 0.2) is 60.7 Å². The van der Waals surface area contributed by atoms with Gasteiger partial charge in [-0.05, 0) is 17.5 Å². The molecule has 0 spiro atoms. The molecule has 1 nitrogen and oxygen atoms in total. The van der Waals surface area contributed by atoms with Crippen molar-refractivity contribution in [2.24, 2.45) is 0 Å². The third-order valence-electron chi connectivity index (χ3n) is 5.16. The zero-order valence-corrected chi connectivity index (χ0v) is 16.3. The molecule has 1 atom stereocenters. The first-order valence-electron chi connectivity index (χ1n) is 10.4. The van der Waals surface area contributed by atoms with E-state index in [1.165, 1.54) is 50.5 Å². The second kappa shape index (κ2) is 12.5. The maximum atomic E-state index is 13.0. The van der Waals surface area contributed by atoms with Gasteiger partial charge in [-0.3, -0.25) is 4.79 Å². The Labute approximate surface area is 159 Å². The van der Waals surface area contributed by atoms with Crippen LogP contribution in [0.25, 0.3) is 0 Å². The Morgan fingerprint density at radius 2 is 1.27 bits per heavy atom. The molecular formula is C25H34O. The Kier molecular flexibility index (Phi) is 9.79. The minimum atomic E-state index is 0.0384. The van der Waals surface area contributed by atoms with Gasteiger partial charge in [0.15, 0.2) is 0 Å². The molecule has 140 valence electrons. The van der Waals surface area contributed by atoms with E-state index < -0.39 is 0 Å². The third-order valence-corrected chi connectivity index (χ3v) is 5.16. The topological polar surface area (TPSA) is 17.1 Å². The first-order chi connectivity index (χ1) is 12.8. The fourth-order valence-corrected chi connectivity index (χ4v) is 3.60. The summed E-state index contributed by atoms with van der Waals surface area (Å²) in [7, 11) is 0. The van der Waals surface area contributed by atoms with Gasteiger partial charge in [0, 0.05) is 12.3 Å². The molecule has 0 bridgehead atoms. The van der Waals surface area contributed by atoms with Gasteiger partial charge in [-0.1, -0.05) is 119 Å². The summed E-state index contributed by atoms with van der Waals surface area (Å²) in [4.78, 5) is 13.0. The Hall–Kier alpha value is -1.89. The lowest BCUT2D eigenvalue weighted by molar-refractivity contribution is -0.120. The SMILES string of the molecule is CCCCCCCCCCC(C(=O)Cc1ccccc1)c1ccccc1. The van der Waals surface area contributed by atoms with Gasteiger partial charge in [0.1, 0.15) is 5.78 Å². The van der Waals surface area contributed by atoms with Crippen LogP contribution >= 0.6 is 0 Å². The molecule has 0 aliphatic rings. The molecule has 1 unspecified atom stereocenters. The number of carbonyl (C=O) groups excluding carboxylic acids is 1. The Bertz CT molecular complexity index is 603. The zero-order chi connectivity index (χ0) is 18.5. The predicted octanol–water partition coefficient (Wildman–Crippen LogP) is 7.11. The van der Waals surface area contributed by atoms with Crippen molar-refractivity contribution < 1.29 is 4.79 Å². The summed E-state index contributed by atoms with van der Waals surface area (Å²) < 4.78 is 0. The summed E-state index contributed by atoms with van der Waals surface area (Å²) in [6.45, 7) is 2.26. The van der Waals surface area contributed by atoms with E-state index in [9.17, 15) is 4.79 Å². The molecule has 0 N–H and O–H groups in total. The molecule has 0 aliphatic carbocycles. The van der Waals surface area contributed by atoms with Crippen LogP contribution in [0.2, 0.25) is 0 Å². The molecule has 0 aromatic heterocycles. The highest BCUT2D eigenvalue weighted by Crippen LogP contribution is 2.25. The molecule has 0 radical (unpaired) electrons. The van der Waals surface area contributed by atoms with Crippen LogP contribution in [-0.2, 0) is 11.2 Å². The van der Waals surface area contributed by atoms with Crippen molar-refractivity contribution in [1.29, 1.82) is 0 Å². The summed E-state index contributed by atoms with van der Waals surface area (Å²) in [5.41, 5.74) is 2.30. The number of benzene rings is 2. The lowest BCUT2D eigenvalue weighted by Crippen LogP contribution is -2.15. The van der Waals surface area contributed by atoms with Crippen LogP contribution < -0.4 is 0 Å². The average molecular weight is 351 g/mol. The van der Waals surface area contributed by atoms with Crippen LogP contribution in [0.4, 0.5) is 0 Å². The molecule has 26 heavy (non-hydrogen) atoms. The largest absolute Gasteiger partial charge is 0.299 e. The standard InChI is InChI=1S/C25H34O/c1-2-3-4-5-6-7-8-15-20-24(23-18-13-10-14-19-23)25(26)21-22-16-11-9-12-17-22/h9-14,16-19,24H,2-8,15,20-21H2,1H3. The van der Waals surface area contributed by atoms with Crippen LogP contribution in [-0.4, -0.2) is 5.78 Å². The van der Waals surface area contributed by atoms with Crippen molar-refractivity contribution >= 4 is 5.78 Å². The van der Waals surface area contributed by atoms with Crippen LogP contribution in [0.3, 0.4) is 0 Å². The van der Waals surface area contributed by atoms with Crippen LogP contribution in [0.1, 0.15) is 81.8 Å². The van der Waals surface area contributed by atoms with Gasteiger partial charge in [0.05, 0.1) is 0 Å². The Morgan fingerprint density at radius 1 is 0.731 bits per heavy atom. The number of rotatable bonds is 13. The van der Waals surface area contributed by atoms with E-state index in [-0.39, 0.29) is 5.92 Å². The summed E-state index contributed by atoms with van der Waals surface area (Å²) in [6.07, 6.45) is 12.0. The lowest BCUT2D eigenvalue weighted by atomic mass is 9.86. The summed E-state index contributed by atoms with van der Waals surface area (Å²) in [5.74, 6) is 0.391. The minimum absolute atomic E-state index is 0.0384. The second-order valence-corrected chi connectivity index (χ2v) is 7.36. The zero-order valence-electron chi connectivity index (χ0n) is 16.3. The van der Waals surface area contributed by atoms with Gasteiger partial charge in [-0.25, -0.2) is 0 Å². The highest BCUT2D eigenvalue weighted by molar-refractivity contribution is 5.87. The molecule has 0 saturated heterocycles. The highest BCUT2D eigenvalue weighted by Gasteiger charge is 2.20. The average Bonchev–Trinajstić information content (AvgIpc) is 2.68. The van der Waals surface area contributed by atoms with E-state index in [4.69, 9.17) is 0 Å². The number of ketones is 1. The molecule has 2 rings (SSSR count). The van der Waals surface area contributed by atoms with E-state index >= 15 is 0 Å². The first-order valence-corrected chi connectivity index (χ1v) is 10.4. The molecule has 0 amide bonds. The van der Waals surface area contributed by atoms with Crippen molar-refractivity contribution in [2.45, 2.75) is 77.0 Å². The first kappa shape index (κ1) is 20.4. The summed E-state index contributed by atoms with van der Waals surface area (Å²) >= 11 is 0. The fourth-order valence-electron chi connectivity index (χ4n) is 3.60. The number of unbranched alkanes of at least 4 members (excludes halogenated alkanes) is 7. The number of hydrogen-bond acceptors (Lipinski definition) is 1. The fraction of sp³-hybridized carbons (Fsp3) is 0.480. The highest BCUT2D eigenvalue weighted by atomic mass is 16.1. The normalized spacial score (nSPS) is 12.0. The summed E-state index contributed by atoms with van der Waals surface area (Å²) in [5, 5.41) is 0. The van der Waals surface area contributed by atoms with E-state index in [0.717, 1.165) is 18.4 Å². The Balaban J connectivity index is 1.83. The van der Waals surface area contributed by atoms with Crippen LogP contribution in [0.5, 0.6) is 0 Å². The molecule has 0 heterocycles. The van der Waals surface area contributed by atoms with Gasteiger partial charge in [0.25, 0.3) is 0 Å². The van der Waals surface area contributed by atoms with Crippen molar-refractivity contribution in [3.05, 3.63) is 71.8 Å². The van der Waals surface area contributed by atoms with Gasteiger partial charge < -0.3 is 0 Å². The molecule has 1 heteroatoms. The maximum Gasteiger partial charge on any atom is 0.144 e. The van der Waals surface area contributed by atoms with E-state index in [1.54, 1.807) is 0 Å². The van der Waals surface area contributed by atoms with Crippen LogP contribution in [0, 0.1) is 0 Å². The smallest absolute Gasteiger partial charge is 0.144 e. The van der Waals surface area contributed by atoms with Gasteiger partial charge in [-0.15, -0.1) is 0 Å². The third kappa shape index (κ3) is 7.56. The van der Waals surface area contributed by atoms with Crippen molar-refractivity contribution in [3.63, 3.8) is 0 Å². The molecule has 0 fully saturated rings.